The van der Waals surface area contributed by atoms with Crippen LogP contribution in [0.3, 0.4) is 0 Å². The molecular formula is C38H53N9O24P4-4. The van der Waals surface area contributed by atoms with E-state index in [1.807, 2.05) is 0 Å². The van der Waals surface area contributed by atoms with Crippen molar-refractivity contribution < 1.29 is 88.2 Å². The zero-order valence-corrected chi connectivity index (χ0v) is 44.6. The fraction of sp³-hybridized carbons (Fsp3) is 0.658. The van der Waals surface area contributed by atoms with Crippen LogP contribution in [-0.2, 0) is 68.7 Å². The number of fused-ring (bicyclic) bond motifs is 1. The molecule has 75 heavy (non-hydrogen) atoms. The van der Waals surface area contributed by atoms with Gasteiger partial charge in [0.05, 0.1) is 55.7 Å². The number of imidazole rings is 1. The van der Waals surface area contributed by atoms with E-state index in [9.17, 15) is 61.8 Å². The van der Waals surface area contributed by atoms with Crippen molar-refractivity contribution in [2.24, 2.45) is 0 Å². The van der Waals surface area contributed by atoms with Crippen LogP contribution in [0.2, 0.25) is 0 Å². The van der Waals surface area contributed by atoms with Gasteiger partial charge in [-0.25, -0.2) is 14.6 Å². The van der Waals surface area contributed by atoms with Crippen LogP contribution in [0.25, 0.3) is 11.2 Å². The molecule has 418 valence electrons. The number of aromatic nitrogens is 8. The largest absolute Gasteiger partial charge is 0.756 e. The first-order valence-corrected chi connectivity index (χ1v) is 28.4. The quantitative estimate of drug-likeness (QED) is 0.0770. The second-order valence-corrected chi connectivity index (χ2v) is 24.7. The summed E-state index contributed by atoms with van der Waals surface area (Å²) in [5.74, 6) is -0.346. The molecule has 37 heteroatoms. The number of H-pyrrole nitrogens is 3. The minimum Gasteiger partial charge on any atom is -0.756 e. The number of rotatable bonds is 20. The number of nitrogens with two attached hydrogens (primary N) is 1. The lowest BCUT2D eigenvalue weighted by Gasteiger charge is -2.34. The molecule has 0 aliphatic carbocycles. The Balaban J connectivity index is 1.11. The summed E-state index contributed by atoms with van der Waals surface area (Å²) in [6.07, 6.45) is -12.0. The highest BCUT2D eigenvalue weighted by atomic mass is 31.2. The summed E-state index contributed by atoms with van der Waals surface area (Å²) >= 11 is 0. The molecule has 7 heterocycles. The molecule has 5 N–H and O–H groups in total. The number of hydrogen-bond acceptors (Lipinski definition) is 27. The molecule has 3 saturated heterocycles. The maximum absolute atomic E-state index is 13.7. The summed E-state index contributed by atoms with van der Waals surface area (Å²) in [5.41, 5.74) is -1.17. The molecule has 4 aromatic heterocycles. The van der Waals surface area contributed by atoms with Crippen molar-refractivity contribution in [1.29, 1.82) is 0 Å². The van der Waals surface area contributed by atoms with Crippen molar-refractivity contribution in [2.45, 2.75) is 141 Å². The van der Waals surface area contributed by atoms with Crippen LogP contribution in [0.5, 0.6) is 0 Å². The number of hydrogen-bond donors (Lipinski definition) is 4. The Hall–Kier alpha value is -4.17. The summed E-state index contributed by atoms with van der Waals surface area (Å²) in [4.78, 5) is 130. The third-order valence-electron chi connectivity index (χ3n) is 11.0. The van der Waals surface area contributed by atoms with Crippen LogP contribution in [0.15, 0.2) is 42.7 Å². The number of nitrogen functional groups attached to an aromatic ring is 1. The Morgan fingerprint density at radius 1 is 0.600 bits per heavy atom. The maximum Gasteiger partial charge on any atom is 0.330 e. The zero-order valence-electron chi connectivity index (χ0n) is 41.1. The van der Waals surface area contributed by atoms with Crippen LogP contribution < -0.4 is 53.4 Å². The number of nitrogens with one attached hydrogen (secondary N) is 3. The molecule has 3 fully saturated rings. The lowest BCUT2D eigenvalue weighted by atomic mass is 10.2. The van der Waals surface area contributed by atoms with E-state index in [0.717, 1.165) is 32.4 Å². The number of anilines is 1. The number of nitrogens with zero attached hydrogens (tertiary/aromatic N) is 5. The van der Waals surface area contributed by atoms with E-state index >= 15 is 0 Å². The third kappa shape index (κ3) is 15.1. The fourth-order valence-electron chi connectivity index (χ4n) is 7.92. The second-order valence-electron chi connectivity index (χ2n) is 19.3. The first kappa shape index (κ1) is 58.5. The number of phosphoric ester groups is 4. The number of aryl methyl sites for hydroxylation is 2. The summed E-state index contributed by atoms with van der Waals surface area (Å²) in [6.45, 7) is 8.22. The number of ether oxygens (including phenoxy) is 3. The molecule has 3 aliphatic rings. The normalized spacial score (nSPS) is 27.8. The Morgan fingerprint density at radius 3 is 1.39 bits per heavy atom. The Kier molecular flexibility index (Phi) is 17.1. The van der Waals surface area contributed by atoms with Crippen molar-refractivity contribution in [2.75, 3.05) is 25.6 Å². The van der Waals surface area contributed by atoms with Gasteiger partial charge in [0.25, 0.3) is 48.0 Å². The molecule has 0 spiro atoms. The minimum atomic E-state index is -5.65. The van der Waals surface area contributed by atoms with Gasteiger partial charge in [0.1, 0.15) is 37.0 Å². The predicted octanol–water partition coefficient (Wildman–Crippen LogP) is -1.01. The van der Waals surface area contributed by atoms with E-state index in [1.54, 1.807) is 0 Å². The first-order valence-electron chi connectivity index (χ1n) is 22.5. The van der Waals surface area contributed by atoms with Gasteiger partial charge in [0.2, 0.25) is 5.95 Å². The average molecular weight is 1140 g/mol. The van der Waals surface area contributed by atoms with Crippen LogP contribution in [0, 0.1) is 13.8 Å². The standard InChI is InChI=1S/C38H57N9O24P4/c1-18-12-45(35(51)43-31(18)48)26-9-20(25(65-26)16-63-74(57,58)70-37(3,4)5)67-72(53,54)61-14-23-21(11-28(66-23)47-17-40-29-30(47)41-34(39)42-33(29)50)68-73(55,56)62-15-24-22(69-75(59,60)71-38(6,7)8)10-27(64-24)46-13-19(2)32(49)44-36(46)52/h12-13,17,20-28H,9-11,14-16H2,1-8H3,(H,53,54)(H,55,56)(H,57,58)(H,59,60)(H,43,48,51)(H,44,49,52)(H3,39,41,42,50)/p-4/t20?,21?,22?,23-,24-,25-,26-,27-,28-/m1/s1. The van der Waals surface area contributed by atoms with E-state index in [4.69, 9.17) is 56.1 Å². The molecule has 0 amide bonds. The van der Waals surface area contributed by atoms with Crippen molar-refractivity contribution in [3.63, 3.8) is 0 Å². The molecule has 0 bridgehead atoms. The van der Waals surface area contributed by atoms with E-state index in [0.29, 0.717) is 0 Å². The van der Waals surface area contributed by atoms with Crippen molar-refractivity contribution in [3.8, 4) is 0 Å². The Bertz CT molecular complexity index is 3270. The smallest absolute Gasteiger partial charge is 0.330 e. The van der Waals surface area contributed by atoms with E-state index in [2.05, 4.69) is 24.9 Å². The highest BCUT2D eigenvalue weighted by molar-refractivity contribution is 7.46. The highest BCUT2D eigenvalue weighted by Gasteiger charge is 2.45. The highest BCUT2D eigenvalue weighted by Crippen LogP contribution is 2.52. The Labute approximate surface area is 422 Å². The summed E-state index contributed by atoms with van der Waals surface area (Å²) < 4.78 is 115. The van der Waals surface area contributed by atoms with Gasteiger partial charge in [-0.1, -0.05) is 0 Å². The van der Waals surface area contributed by atoms with Gasteiger partial charge in [-0.05, 0) is 55.4 Å². The van der Waals surface area contributed by atoms with E-state index < -0.39 is 165 Å². The van der Waals surface area contributed by atoms with Gasteiger partial charge in [-0.3, -0.25) is 61.3 Å². The summed E-state index contributed by atoms with van der Waals surface area (Å²) in [5, 5.41) is 0. The summed E-state index contributed by atoms with van der Waals surface area (Å²) in [6, 6.07) is 0. The first-order chi connectivity index (χ1) is 34.6. The molecule has 0 saturated carbocycles. The molecule has 0 aromatic carbocycles. The molecule has 4 aromatic rings. The maximum atomic E-state index is 13.7. The van der Waals surface area contributed by atoms with Crippen molar-refractivity contribution in [3.05, 3.63) is 81.9 Å². The molecular weight excluding hydrogens is 1090 g/mol. The van der Waals surface area contributed by atoms with E-state index in [1.165, 1.54) is 55.4 Å². The van der Waals surface area contributed by atoms with Crippen molar-refractivity contribution in [1.82, 2.24) is 38.6 Å². The topological polar surface area (TPSA) is 461 Å². The van der Waals surface area contributed by atoms with E-state index in [-0.39, 0.29) is 28.2 Å². The van der Waals surface area contributed by atoms with Gasteiger partial charge in [-0.15, -0.1) is 0 Å². The Morgan fingerprint density at radius 2 is 0.973 bits per heavy atom. The van der Waals surface area contributed by atoms with Crippen LogP contribution in [0.4, 0.5) is 5.95 Å². The van der Waals surface area contributed by atoms with Gasteiger partial charge in [-0.2, -0.15) is 4.98 Å². The van der Waals surface area contributed by atoms with Crippen LogP contribution in [-0.4, -0.2) is 106 Å². The zero-order chi connectivity index (χ0) is 55.4. The van der Waals surface area contributed by atoms with Gasteiger partial charge in [0, 0.05) is 42.8 Å². The lowest BCUT2D eigenvalue weighted by molar-refractivity contribution is -0.242. The number of phosphoric acid groups is 4. The third-order valence-corrected chi connectivity index (χ3v) is 15.5. The van der Waals surface area contributed by atoms with Gasteiger partial charge < -0.3 is 75.7 Å². The molecule has 7 rings (SSSR count). The lowest BCUT2D eigenvalue weighted by Crippen LogP contribution is -2.34. The molecule has 33 nitrogen and oxygen atoms in total. The van der Waals surface area contributed by atoms with Crippen molar-refractivity contribution >= 4 is 48.4 Å². The fourth-order valence-corrected chi connectivity index (χ4v) is 12.1. The number of aromatic amines is 3. The molecule has 0 radical (unpaired) electrons. The predicted molar refractivity (Wildman–Crippen MR) is 245 cm³/mol. The monoisotopic (exact) mass is 1140 g/mol. The van der Waals surface area contributed by atoms with Crippen LogP contribution >= 0.6 is 31.3 Å². The summed E-state index contributed by atoms with van der Waals surface area (Å²) in [7, 11) is -21.6. The average Bonchev–Trinajstić information content (AvgIpc) is 4.04. The van der Waals surface area contributed by atoms with Crippen LogP contribution in [0.1, 0.15) is 90.6 Å². The SMILES string of the molecule is Cc1cn([C@H]2CC(OP(=O)([O-])OC[C@H]3O[C@@H](n4cnc5c(=O)[nH]c(N)nc54)CC3OP(=O)([O-])OC[C@H]3O[C@@H](n4cc(C)c(=O)[nH]c4=O)CC3OP(=O)([O-])OC(C)(C)C)[C@@H](COP(=O)([O-])OC(C)(C)C)O2)c(=O)[nH]c1=O. The molecule has 3 aliphatic heterocycles. The van der Waals surface area contributed by atoms with Gasteiger partial charge in [0.15, 0.2) is 11.2 Å². The molecule has 13 atom stereocenters. The minimum absolute atomic E-state index is 0.0529. The van der Waals surface area contributed by atoms with Gasteiger partial charge >= 0.3 is 11.4 Å². The second kappa shape index (κ2) is 21.9. The molecule has 7 unspecified atom stereocenters.